The molecule has 1 aromatic carbocycles. The van der Waals surface area contributed by atoms with Crippen LogP contribution in [0.1, 0.15) is 49.7 Å². The minimum atomic E-state index is 0.926. The Morgan fingerprint density at radius 3 is 2.23 bits per heavy atom. The summed E-state index contributed by atoms with van der Waals surface area (Å²) < 4.78 is 5.28. The van der Waals surface area contributed by atoms with Gasteiger partial charge in [-0.1, -0.05) is 32.9 Å². The van der Waals surface area contributed by atoms with Gasteiger partial charge in [-0.15, -0.1) is 0 Å². The van der Waals surface area contributed by atoms with Gasteiger partial charge >= 0.3 is 0 Å². The van der Waals surface area contributed by atoms with Crippen molar-refractivity contribution >= 4 is 0 Å². The van der Waals surface area contributed by atoms with Crippen molar-refractivity contribution in [3.63, 3.8) is 0 Å². The summed E-state index contributed by atoms with van der Waals surface area (Å²) in [5, 5.41) is 0. The Morgan fingerprint density at radius 2 is 1.68 bits per heavy atom. The number of hydrogen-bond acceptors (Lipinski definition) is 3. The van der Waals surface area contributed by atoms with E-state index >= 15 is 0 Å². The van der Waals surface area contributed by atoms with Gasteiger partial charge in [0.05, 0.1) is 7.11 Å². The fourth-order valence-electron chi connectivity index (χ4n) is 2.24. The molecule has 3 nitrogen and oxygen atoms in total. The van der Waals surface area contributed by atoms with E-state index in [0.29, 0.717) is 0 Å². The van der Waals surface area contributed by atoms with E-state index in [4.69, 9.17) is 4.74 Å². The predicted molar refractivity (Wildman–Crippen MR) is 92.5 cm³/mol. The highest BCUT2D eigenvalue weighted by Crippen LogP contribution is 2.19. The molecular weight excluding hydrogens is 272 g/mol. The maximum absolute atomic E-state index is 5.28. The van der Waals surface area contributed by atoms with Crippen LogP contribution in [-0.2, 0) is 19.3 Å². The first-order valence-corrected chi connectivity index (χ1v) is 8.16. The van der Waals surface area contributed by atoms with Crippen LogP contribution in [0.25, 0.3) is 0 Å². The largest absolute Gasteiger partial charge is 0.496 e. The third kappa shape index (κ3) is 5.47. The first kappa shape index (κ1) is 18.1. The Hall–Kier alpha value is -1.90. The van der Waals surface area contributed by atoms with Crippen LogP contribution in [0.5, 0.6) is 5.75 Å². The van der Waals surface area contributed by atoms with E-state index in [1.807, 2.05) is 32.3 Å². The molecule has 0 aliphatic heterocycles. The molecule has 1 heterocycles. The second-order valence-corrected chi connectivity index (χ2v) is 5.02. The maximum atomic E-state index is 5.28. The van der Waals surface area contributed by atoms with Crippen molar-refractivity contribution in [2.24, 2.45) is 0 Å². The van der Waals surface area contributed by atoms with Crippen LogP contribution in [0.2, 0.25) is 0 Å². The van der Waals surface area contributed by atoms with Gasteiger partial charge in [0.25, 0.3) is 0 Å². The zero-order chi connectivity index (χ0) is 16.4. The van der Waals surface area contributed by atoms with Crippen molar-refractivity contribution in [1.82, 2.24) is 9.97 Å². The molecule has 0 bridgehead atoms. The molecule has 0 amide bonds. The lowest BCUT2D eigenvalue weighted by molar-refractivity contribution is 0.411. The molecule has 0 unspecified atom stereocenters. The Kier molecular flexibility index (Phi) is 8.19. The second kappa shape index (κ2) is 9.93. The number of nitrogens with zero attached hydrogens (tertiary/aromatic N) is 2. The average Bonchev–Trinajstić information content (AvgIpc) is 2.57. The van der Waals surface area contributed by atoms with Crippen LogP contribution in [0.3, 0.4) is 0 Å². The van der Waals surface area contributed by atoms with E-state index in [1.165, 1.54) is 16.7 Å². The van der Waals surface area contributed by atoms with E-state index in [9.17, 15) is 0 Å². The molecule has 2 aromatic rings. The molecule has 2 rings (SSSR count). The van der Waals surface area contributed by atoms with Crippen molar-refractivity contribution in [3.8, 4) is 5.75 Å². The molecule has 0 atom stereocenters. The Balaban J connectivity index is 0.00000116. The fraction of sp³-hybridized carbons (Fsp3) is 0.474. The van der Waals surface area contributed by atoms with Crippen LogP contribution in [0.4, 0.5) is 0 Å². The normalized spacial score (nSPS) is 9.86. The topological polar surface area (TPSA) is 35.0 Å². The van der Waals surface area contributed by atoms with Gasteiger partial charge < -0.3 is 4.74 Å². The highest BCUT2D eigenvalue weighted by Gasteiger charge is 2.02. The number of rotatable bonds is 6. The molecule has 0 saturated carbocycles. The Morgan fingerprint density at radius 1 is 1.00 bits per heavy atom. The molecule has 0 aliphatic carbocycles. The first-order chi connectivity index (χ1) is 10.7. The van der Waals surface area contributed by atoms with Gasteiger partial charge in [0.15, 0.2) is 0 Å². The molecule has 22 heavy (non-hydrogen) atoms. The Labute approximate surface area is 134 Å². The number of hydrogen-bond donors (Lipinski definition) is 0. The summed E-state index contributed by atoms with van der Waals surface area (Å²) in [5.41, 5.74) is 3.72. The molecule has 1 aromatic heterocycles. The van der Waals surface area contributed by atoms with Gasteiger partial charge in [0.2, 0.25) is 0 Å². The van der Waals surface area contributed by atoms with Crippen LogP contribution in [-0.4, -0.2) is 17.1 Å². The molecule has 0 radical (unpaired) electrons. The van der Waals surface area contributed by atoms with Gasteiger partial charge in [-0.05, 0) is 48.9 Å². The zero-order valence-electron chi connectivity index (χ0n) is 14.5. The summed E-state index contributed by atoms with van der Waals surface area (Å²) in [6.07, 6.45) is 7.89. The standard InChI is InChI=1S/C17H22N2O.C2H6/c1-4-14-11-18-17(19-12-14)7-5-6-15-8-9-16(20-3)13(2)10-15;1-2/h8-12H,4-7H2,1-3H3;1-2H3. The smallest absolute Gasteiger partial charge is 0.128 e. The second-order valence-electron chi connectivity index (χ2n) is 5.02. The van der Waals surface area contributed by atoms with E-state index in [0.717, 1.165) is 37.3 Å². The summed E-state index contributed by atoms with van der Waals surface area (Å²) in [6.45, 7) is 8.19. The quantitative estimate of drug-likeness (QED) is 0.784. The van der Waals surface area contributed by atoms with Gasteiger partial charge in [0.1, 0.15) is 11.6 Å². The molecular formula is C19H28N2O. The predicted octanol–water partition coefficient (Wildman–Crippen LogP) is 4.56. The molecule has 0 spiro atoms. The molecule has 0 saturated heterocycles. The summed E-state index contributed by atoms with van der Waals surface area (Å²) >= 11 is 0. The monoisotopic (exact) mass is 300 g/mol. The number of aryl methyl sites for hydroxylation is 4. The third-order valence-electron chi connectivity index (χ3n) is 3.49. The highest BCUT2D eigenvalue weighted by molar-refractivity contribution is 5.36. The van der Waals surface area contributed by atoms with E-state index in [1.54, 1.807) is 7.11 Å². The van der Waals surface area contributed by atoms with Crippen LogP contribution < -0.4 is 4.74 Å². The van der Waals surface area contributed by atoms with Gasteiger partial charge in [-0.25, -0.2) is 9.97 Å². The molecule has 0 N–H and O–H groups in total. The average molecular weight is 300 g/mol. The van der Waals surface area contributed by atoms with E-state index in [-0.39, 0.29) is 0 Å². The summed E-state index contributed by atoms with van der Waals surface area (Å²) in [7, 11) is 1.71. The van der Waals surface area contributed by atoms with Crippen LogP contribution in [0, 0.1) is 6.92 Å². The SMILES string of the molecule is CC.CCc1cnc(CCCc2ccc(OC)c(C)c2)nc1. The minimum absolute atomic E-state index is 0.926. The first-order valence-electron chi connectivity index (χ1n) is 8.16. The fourth-order valence-corrected chi connectivity index (χ4v) is 2.24. The minimum Gasteiger partial charge on any atom is -0.496 e. The highest BCUT2D eigenvalue weighted by atomic mass is 16.5. The molecule has 3 heteroatoms. The lowest BCUT2D eigenvalue weighted by Crippen LogP contribution is -1.98. The number of benzene rings is 1. The van der Waals surface area contributed by atoms with Crippen LogP contribution in [0.15, 0.2) is 30.6 Å². The Bertz CT molecular complexity index is 550. The van der Waals surface area contributed by atoms with Crippen molar-refractivity contribution < 1.29 is 4.74 Å². The van der Waals surface area contributed by atoms with Gasteiger partial charge in [-0.3, -0.25) is 0 Å². The summed E-state index contributed by atoms with van der Waals surface area (Å²) in [5.74, 6) is 1.89. The number of ether oxygens (including phenoxy) is 1. The maximum Gasteiger partial charge on any atom is 0.128 e. The van der Waals surface area contributed by atoms with Crippen molar-refractivity contribution in [3.05, 3.63) is 53.1 Å². The third-order valence-corrected chi connectivity index (χ3v) is 3.49. The lowest BCUT2D eigenvalue weighted by Gasteiger charge is -2.07. The van der Waals surface area contributed by atoms with E-state index in [2.05, 4.69) is 35.9 Å². The number of methoxy groups -OCH3 is 1. The summed E-state index contributed by atoms with van der Waals surface area (Å²) in [6, 6.07) is 6.37. The zero-order valence-corrected chi connectivity index (χ0v) is 14.5. The number of aromatic nitrogens is 2. The van der Waals surface area contributed by atoms with E-state index < -0.39 is 0 Å². The molecule has 0 fully saturated rings. The van der Waals surface area contributed by atoms with Gasteiger partial charge in [-0.2, -0.15) is 0 Å². The summed E-state index contributed by atoms with van der Waals surface area (Å²) in [4.78, 5) is 8.79. The van der Waals surface area contributed by atoms with Crippen molar-refractivity contribution in [1.29, 1.82) is 0 Å². The molecule has 120 valence electrons. The van der Waals surface area contributed by atoms with Gasteiger partial charge in [0, 0.05) is 18.8 Å². The van der Waals surface area contributed by atoms with Crippen LogP contribution >= 0.6 is 0 Å². The van der Waals surface area contributed by atoms with Crippen molar-refractivity contribution in [2.45, 2.75) is 53.4 Å². The molecule has 0 aliphatic rings. The lowest BCUT2D eigenvalue weighted by atomic mass is 10.0. The van der Waals surface area contributed by atoms with Crippen molar-refractivity contribution in [2.75, 3.05) is 7.11 Å².